The summed E-state index contributed by atoms with van der Waals surface area (Å²) in [5.41, 5.74) is 2.14. The maximum atomic E-state index is 12.8. The number of thiophene rings is 1. The predicted molar refractivity (Wildman–Crippen MR) is 142 cm³/mol. The van der Waals surface area contributed by atoms with Crippen LogP contribution in [0.1, 0.15) is 43.6 Å². The Bertz CT molecular complexity index is 1020. The number of carbonyl (C=O) groups excluding carboxylic acids is 1. The van der Waals surface area contributed by atoms with Crippen LogP contribution in [0.3, 0.4) is 0 Å². The predicted octanol–water partition coefficient (Wildman–Crippen LogP) is 5.89. The molecule has 0 spiro atoms. The second kappa shape index (κ2) is 12.0. The Hall–Kier alpha value is -2.83. The van der Waals surface area contributed by atoms with Gasteiger partial charge in [0.05, 0.1) is 5.69 Å². The molecule has 0 bridgehead atoms. The van der Waals surface area contributed by atoms with E-state index in [1.54, 1.807) is 11.3 Å². The third-order valence-corrected chi connectivity index (χ3v) is 7.39. The topological polar surface area (TPSA) is 44.8 Å². The van der Waals surface area contributed by atoms with Crippen molar-refractivity contribution in [2.45, 2.75) is 44.8 Å². The van der Waals surface area contributed by atoms with Crippen molar-refractivity contribution in [3.63, 3.8) is 0 Å². The number of hydrogen-bond acceptors (Lipinski definition) is 5. The summed E-state index contributed by atoms with van der Waals surface area (Å²) in [4.78, 5) is 18.5. The third kappa shape index (κ3) is 5.80. The molecule has 180 valence electrons. The number of nitrogens with zero attached hydrogens (tertiary/aromatic N) is 2. The molecule has 0 radical (unpaired) electrons. The summed E-state index contributed by atoms with van der Waals surface area (Å²) < 4.78 is 6.61. The van der Waals surface area contributed by atoms with Crippen LogP contribution in [0.15, 0.2) is 72.1 Å². The molecule has 2 heterocycles. The molecule has 1 saturated heterocycles. The van der Waals surface area contributed by atoms with Crippen molar-refractivity contribution >= 4 is 28.6 Å². The summed E-state index contributed by atoms with van der Waals surface area (Å²) in [5, 5.41) is 5.36. The highest BCUT2D eigenvalue weighted by atomic mass is 32.1. The molecule has 3 aromatic rings. The van der Waals surface area contributed by atoms with Gasteiger partial charge in [-0.25, -0.2) is 0 Å². The third-order valence-electron chi connectivity index (χ3n) is 6.43. The summed E-state index contributed by atoms with van der Waals surface area (Å²) in [6.45, 7) is 4.63. The molecule has 0 aliphatic carbocycles. The van der Waals surface area contributed by atoms with Crippen molar-refractivity contribution < 1.29 is 9.53 Å². The lowest BCUT2D eigenvalue weighted by atomic mass is 10.0. The van der Waals surface area contributed by atoms with Crippen molar-refractivity contribution in [3.05, 3.63) is 77.0 Å². The summed E-state index contributed by atoms with van der Waals surface area (Å²) in [6.07, 6.45) is 3.33. The van der Waals surface area contributed by atoms with Gasteiger partial charge in [0.2, 0.25) is 5.91 Å². The zero-order chi connectivity index (χ0) is 23.8. The van der Waals surface area contributed by atoms with E-state index in [-0.39, 0.29) is 18.1 Å². The zero-order valence-corrected chi connectivity index (χ0v) is 21.0. The summed E-state index contributed by atoms with van der Waals surface area (Å²) >= 11 is 1.74. The van der Waals surface area contributed by atoms with Crippen molar-refractivity contribution in [2.24, 2.45) is 0 Å². The van der Waals surface area contributed by atoms with Crippen LogP contribution in [0, 0.1) is 0 Å². The molecule has 1 atom stereocenters. The minimum Gasteiger partial charge on any atom is -0.483 e. The first-order chi connectivity index (χ1) is 16.7. The second-order valence-electron chi connectivity index (χ2n) is 8.65. The van der Waals surface area contributed by atoms with Crippen LogP contribution in [0.5, 0.6) is 5.75 Å². The standard InChI is InChI=1S/C28H35N3O2S/c1-3-28(32)31(22-10-5-4-6-11-22)23-16-19-30(20-17-23)24-12-7-8-13-25(24)33-26(15-18-29-2)27-14-9-21-34-27/h4-14,21,23,26,29H,3,15-20H2,1-2H3. The van der Waals surface area contributed by atoms with Gasteiger partial charge in [0.25, 0.3) is 0 Å². The number of carbonyl (C=O) groups is 1. The van der Waals surface area contributed by atoms with E-state index < -0.39 is 0 Å². The highest BCUT2D eigenvalue weighted by molar-refractivity contribution is 7.10. The quantitative estimate of drug-likeness (QED) is 0.395. The number of ether oxygens (including phenoxy) is 1. The van der Waals surface area contributed by atoms with E-state index >= 15 is 0 Å². The molecule has 4 rings (SSSR count). The molecule has 1 unspecified atom stereocenters. The Kier molecular flexibility index (Phi) is 8.61. The Labute approximate surface area is 207 Å². The van der Waals surface area contributed by atoms with Gasteiger partial charge >= 0.3 is 0 Å². The van der Waals surface area contributed by atoms with Gasteiger partial charge in [0.1, 0.15) is 11.9 Å². The smallest absolute Gasteiger partial charge is 0.226 e. The lowest BCUT2D eigenvalue weighted by molar-refractivity contribution is -0.118. The maximum Gasteiger partial charge on any atom is 0.226 e. The number of anilines is 2. The number of nitrogens with one attached hydrogen (secondary N) is 1. The number of benzene rings is 2. The van der Waals surface area contributed by atoms with E-state index in [2.05, 4.69) is 45.9 Å². The van der Waals surface area contributed by atoms with Gasteiger partial charge in [-0.15, -0.1) is 11.3 Å². The molecule has 2 aromatic carbocycles. The molecule has 1 fully saturated rings. The molecule has 6 heteroatoms. The first-order valence-electron chi connectivity index (χ1n) is 12.3. The van der Waals surface area contributed by atoms with E-state index in [9.17, 15) is 4.79 Å². The van der Waals surface area contributed by atoms with Crippen molar-refractivity contribution in [3.8, 4) is 5.75 Å². The van der Waals surface area contributed by atoms with Crippen LogP contribution in [-0.4, -0.2) is 38.6 Å². The summed E-state index contributed by atoms with van der Waals surface area (Å²) in [6, 6.07) is 22.9. The average molecular weight is 478 g/mol. The molecule has 1 N–H and O–H groups in total. The Balaban J connectivity index is 1.48. The summed E-state index contributed by atoms with van der Waals surface area (Å²) in [5.74, 6) is 1.12. The average Bonchev–Trinajstić information content (AvgIpc) is 3.43. The van der Waals surface area contributed by atoms with E-state index in [1.165, 1.54) is 4.88 Å². The first kappa shape index (κ1) is 24.3. The van der Waals surface area contributed by atoms with Crippen molar-refractivity contribution in [1.29, 1.82) is 0 Å². The van der Waals surface area contributed by atoms with Gasteiger partial charge in [0.15, 0.2) is 0 Å². The van der Waals surface area contributed by atoms with E-state index in [4.69, 9.17) is 4.74 Å². The number of rotatable bonds is 10. The van der Waals surface area contributed by atoms with Gasteiger partial charge in [0, 0.05) is 42.5 Å². The SMILES string of the molecule is CCC(=O)N(c1ccccc1)C1CCN(c2ccccc2OC(CCNC)c2cccs2)CC1. The largest absolute Gasteiger partial charge is 0.483 e. The number of amides is 1. The molecular weight excluding hydrogens is 442 g/mol. The van der Waals surface area contributed by atoms with E-state index in [1.807, 2.05) is 55.3 Å². The highest BCUT2D eigenvalue weighted by Gasteiger charge is 2.29. The normalized spacial score (nSPS) is 15.2. The van der Waals surface area contributed by atoms with Crippen LogP contribution in [0.2, 0.25) is 0 Å². The number of hydrogen-bond donors (Lipinski definition) is 1. The van der Waals surface area contributed by atoms with Gasteiger partial charge in [-0.3, -0.25) is 4.79 Å². The summed E-state index contributed by atoms with van der Waals surface area (Å²) in [7, 11) is 1.98. The lowest BCUT2D eigenvalue weighted by Crippen LogP contribution is -2.47. The van der Waals surface area contributed by atoms with Crippen LogP contribution in [0.4, 0.5) is 11.4 Å². The zero-order valence-electron chi connectivity index (χ0n) is 20.2. The highest BCUT2D eigenvalue weighted by Crippen LogP contribution is 2.36. The fourth-order valence-electron chi connectivity index (χ4n) is 4.66. The van der Waals surface area contributed by atoms with Gasteiger partial charge in [-0.05, 0) is 62.1 Å². The molecule has 1 aliphatic heterocycles. The molecule has 1 aromatic heterocycles. The van der Waals surface area contributed by atoms with Crippen molar-refractivity contribution in [2.75, 3.05) is 36.5 Å². The van der Waals surface area contributed by atoms with E-state index in [0.717, 1.165) is 56.0 Å². The molecule has 34 heavy (non-hydrogen) atoms. The Morgan fingerprint density at radius 3 is 2.50 bits per heavy atom. The number of para-hydroxylation sites is 3. The van der Waals surface area contributed by atoms with E-state index in [0.29, 0.717) is 6.42 Å². The molecule has 5 nitrogen and oxygen atoms in total. The fraction of sp³-hybridized carbons (Fsp3) is 0.393. The van der Waals surface area contributed by atoms with Crippen molar-refractivity contribution in [1.82, 2.24) is 5.32 Å². The maximum absolute atomic E-state index is 12.8. The van der Waals surface area contributed by atoms with Crippen LogP contribution in [0.25, 0.3) is 0 Å². The molecule has 1 amide bonds. The molecular formula is C28H35N3O2S. The van der Waals surface area contributed by atoms with Gasteiger partial charge in [-0.2, -0.15) is 0 Å². The molecule has 1 aliphatic rings. The fourth-order valence-corrected chi connectivity index (χ4v) is 5.45. The monoisotopic (exact) mass is 477 g/mol. The minimum absolute atomic E-state index is 0.0295. The lowest BCUT2D eigenvalue weighted by Gasteiger charge is -2.40. The second-order valence-corrected chi connectivity index (χ2v) is 9.63. The Morgan fingerprint density at radius 2 is 1.82 bits per heavy atom. The van der Waals surface area contributed by atoms with Gasteiger partial charge in [-0.1, -0.05) is 43.3 Å². The Morgan fingerprint density at radius 1 is 1.09 bits per heavy atom. The van der Waals surface area contributed by atoms with Crippen LogP contribution < -0.4 is 19.9 Å². The van der Waals surface area contributed by atoms with Crippen LogP contribution >= 0.6 is 11.3 Å². The number of piperidine rings is 1. The van der Waals surface area contributed by atoms with Gasteiger partial charge < -0.3 is 19.9 Å². The van der Waals surface area contributed by atoms with Crippen LogP contribution in [-0.2, 0) is 4.79 Å². The first-order valence-corrected chi connectivity index (χ1v) is 13.1. The minimum atomic E-state index is 0.0295. The molecule has 0 saturated carbocycles.